The van der Waals surface area contributed by atoms with Gasteiger partial charge in [-0.25, -0.2) is 17.2 Å². The normalized spacial score (nSPS) is 25.4. The molecule has 0 spiro atoms. The zero-order valence-electron chi connectivity index (χ0n) is 16.7. The van der Waals surface area contributed by atoms with Gasteiger partial charge in [-0.05, 0) is 61.6 Å². The Morgan fingerprint density at radius 3 is 2.34 bits per heavy atom. The molecule has 0 amide bonds. The Hall–Kier alpha value is -2.49. The lowest BCUT2D eigenvalue weighted by Gasteiger charge is -2.49. The second-order valence-corrected chi connectivity index (χ2v) is 10.4. The molecule has 0 N–H and O–H groups in total. The van der Waals surface area contributed by atoms with Gasteiger partial charge in [0.15, 0.2) is 21.4 Å². The topological polar surface area (TPSA) is 60.4 Å². The Balaban J connectivity index is 1.91. The van der Waals surface area contributed by atoms with Gasteiger partial charge < -0.3 is 9.53 Å². The van der Waals surface area contributed by atoms with E-state index in [-0.39, 0.29) is 38.2 Å². The molecule has 1 saturated carbocycles. The average molecular weight is 474 g/mol. The van der Waals surface area contributed by atoms with Crippen LogP contribution in [0, 0.1) is 23.5 Å². The summed E-state index contributed by atoms with van der Waals surface area (Å²) in [6.45, 7) is -0.220. The Morgan fingerprint density at radius 1 is 1.06 bits per heavy atom. The van der Waals surface area contributed by atoms with Crippen molar-refractivity contribution < 1.29 is 39.9 Å². The lowest BCUT2D eigenvalue weighted by atomic mass is 9.68. The monoisotopic (exact) mass is 474 g/mol. The Kier molecular flexibility index (Phi) is 5.55. The van der Waals surface area contributed by atoms with Gasteiger partial charge in [-0.3, -0.25) is 0 Å². The molecule has 10 heteroatoms. The van der Waals surface area contributed by atoms with E-state index in [1.54, 1.807) is 0 Å². The summed E-state index contributed by atoms with van der Waals surface area (Å²) >= 11 is 0. The summed E-state index contributed by atoms with van der Waals surface area (Å²) in [5.74, 6) is -3.34. The van der Waals surface area contributed by atoms with Crippen molar-refractivity contribution in [3.8, 4) is 5.75 Å². The fraction of sp³-hybridized carbons (Fsp3) is 0.409. The molecule has 2 aliphatic rings. The Bertz CT molecular complexity index is 1140. The molecule has 0 unspecified atom stereocenters. The van der Waals surface area contributed by atoms with Gasteiger partial charge >= 0.3 is 6.18 Å². The maximum atomic E-state index is 15.1. The highest BCUT2D eigenvalue weighted by molar-refractivity contribution is 7.92. The molecule has 1 aliphatic carbocycles. The second kappa shape index (κ2) is 7.83. The summed E-state index contributed by atoms with van der Waals surface area (Å²) in [5, 5.41) is 0. The number of hydrogen-bond donors (Lipinski definition) is 0. The van der Waals surface area contributed by atoms with E-state index < -0.39 is 60.1 Å². The number of carbonyl (C=O) groups excluding carboxylic acids is 1. The van der Waals surface area contributed by atoms with Crippen LogP contribution in [0.2, 0.25) is 0 Å². The molecule has 0 bridgehead atoms. The fourth-order valence-corrected chi connectivity index (χ4v) is 7.35. The number of rotatable bonds is 4. The summed E-state index contributed by atoms with van der Waals surface area (Å²) in [6, 6.07) is 4.64. The third-order valence-electron chi connectivity index (χ3n) is 6.51. The van der Waals surface area contributed by atoms with Crippen molar-refractivity contribution in [1.29, 1.82) is 0 Å². The van der Waals surface area contributed by atoms with Crippen molar-refractivity contribution in [3.63, 3.8) is 0 Å². The minimum absolute atomic E-state index is 0.115. The van der Waals surface area contributed by atoms with E-state index in [9.17, 15) is 30.8 Å². The van der Waals surface area contributed by atoms with Crippen molar-refractivity contribution in [2.75, 3.05) is 6.61 Å². The average Bonchev–Trinajstić information content (AvgIpc) is 2.75. The summed E-state index contributed by atoms with van der Waals surface area (Å²) in [4.78, 5) is 10.6. The maximum Gasteiger partial charge on any atom is 0.416 e. The van der Waals surface area contributed by atoms with Gasteiger partial charge in [0.2, 0.25) is 0 Å². The van der Waals surface area contributed by atoms with Gasteiger partial charge in [0.25, 0.3) is 0 Å². The zero-order valence-corrected chi connectivity index (χ0v) is 17.5. The van der Waals surface area contributed by atoms with Gasteiger partial charge in [0.1, 0.15) is 16.9 Å². The van der Waals surface area contributed by atoms with E-state index in [0.717, 1.165) is 30.6 Å². The molecule has 2 aromatic rings. The van der Waals surface area contributed by atoms with Gasteiger partial charge in [0.05, 0.1) is 22.6 Å². The third-order valence-corrected chi connectivity index (χ3v) is 9.11. The molecule has 0 radical (unpaired) electrons. The molecule has 1 heterocycles. The van der Waals surface area contributed by atoms with Crippen molar-refractivity contribution in [2.24, 2.45) is 11.8 Å². The molecule has 2 aromatic carbocycles. The molecule has 0 aromatic heterocycles. The van der Waals surface area contributed by atoms with E-state index in [4.69, 9.17) is 4.74 Å². The van der Waals surface area contributed by atoms with Crippen LogP contribution in [0.5, 0.6) is 5.75 Å². The van der Waals surface area contributed by atoms with Crippen molar-refractivity contribution in [2.45, 2.75) is 41.5 Å². The van der Waals surface area contributed by atoms with Crippen LogP contribution in [0.4, 0.5) is 22.0 Å². The van der Waals surface area contributed by atoms with E-state index in [0.29, 0.717) is 12.1 Å². The molecule has 0 saturated heterocycles. The van der Waals surface area contributed by atoms with Crippen molar-refractivity contribution in [3.05, 3.63) is 59.2 Å². The van der Waals surface area contributed by atoms with Gasteiger partial charge in [-0.15, -0.1) is 0 Å². The largest absolute Gasteiger partial charge is 0.490 e. The molecule has 32 heavy (non-hydrogen) atoms. The fourth-order valence-electron chi connectivity index (χ4n) is 4.99. The molecule has 172 valence electrons. The lowest BCUT2D eigenvalue weighted by Crippen LogP contribution is -2.52. The Morgan fingerprint density at radius 2 is 1.72 bits per heavy atom. The highest BCUT2D eigenvalue weighted by Gasteiger charge is 2.59. The van der Waals surface area contributed by atoms with Gasteiger partial charge in [0, 0.05) is 12.3 Å². The predicted octanol–water partition coefficient (Wildman–Crippen LogP) is 5.05. The molecule has 1 aliphatic heterocycles. The van der Waals surface area contributed by atoms with E-state index >= 15 is 4.39 Å². The van der Waals surface area contributed by atoms with Crippen LogP contribution in [-0.2, 0) is 25.6 Å². The number of aldehydes is 1. The van der Waals surface area contributed by atoms with Gasteiger partial charge in [-0.1, -0.05) is 0 Å². The summed E-state index contributed by atoms with van der Waals surface area (Å²) in [6.07, 6.45) is -3.39. The van der Waals surface area contributed by atoms with Crippen LogP contribution in [0.25, 0.3) is 0 Å². The number of hydrogen-bond acceptors (Lipinski definition) is 4. The van der Waals surface area contributed by atoms with Crippen LogP contribution in [0.15, 0.2) is 41.3 Å². The first-order valence-electron chi connectivity index (χ1n) is 9.99. The van der Waals surface area contributed by atoms with E-state index in [1.165, 1.54) is 0 Å². The highest BCUT2D eigenvalue weighted by Crippen LogP contribution is 2.57. The first-order chi connectivity index (χ1) is 15.0. The molecule has 4 nitrogen and oxygen atoms in total. The number of alkyl halides is 3. The number of fused-ring (bicyclic) bond motifs is 3. The quantitative estimate of drug-likeness (QED) is 0.460. The number of carbonyl (C=O) groups is 1. The molecular formula is C22H19F5O4S. The minimum atomic E-state index is -4.66. The van der Waals surface area contributed by atoms with E-state index in [1.807, 2.05) is 0 Å². The number of ether oxygens (including phenoxy) is 1. The van der Waals surface area contributed by atoms with Crippen LogP contribution >= 0.6 is 0 Å². The van der Waals surface area contributed by atoms with Crippen molar-refractivity contribution in [1.82, 2.24) is 0 Å². The van der Waals surface area contributed by atoms with Crippen LogP contribution in [0.1, 0.15) is 36.8 Å². The molecule has 1 fully saturated rings. The van der Waals surface area contributed by atoms with Crippen LogP contribution in [0.3, 0.4) is 0 Å². The minimum Gasteiger partial charge on any atom is -0.490 e. The van der Waals surface area contributed by atoms with Crippen LogP contribution < -0.4 is 4.74 Å². The zero-order chi connectivity index (χ0) is 23.3. The number of benzene rings is 2. The van der Waals surface area contributed by atoms with Gasteiger partial charge in [-0.2, -0.15) is 13.2 Å². The third kappa shape index (κ3) is 3.39. The Labute approximate surface area is 181 Å². The predicted molar refractivity (Wildman–Crippen MR) is 104 cm³/mol. The SMILES string of the molecule is O=CC[C@@H]1CC[C@@]2(S(=O)(=O)c3ccc(C(F)(F)F)cc3)c3c(F)ccc(F)c3OC[C@H]2C1. The first kappa shape index (κ1) is 22.7. The molecule has 3 atom stereocenters. The smallest absolute Gasteiger partial charge is 0.416 e. The molecule has 4 rings (SSSR count). The lowest BCUT2D eigenvalue weighted by molar-refractivity contribution is -0.137. The van der Waals surface area contributed by atoms with Crippen molar-refractivity contribution >= 4 is 16.1 Å². The summed E-state index contributed by atoms with van der Waals surface area (Å²) < 4.78 is 99.8. The van der Waals surface area contributed by atoms with Crippen LogP contribution in [-0.4, -0.2) is 21.3 Å². The standard InChI is InChI=1S/C22H19F5O4S/c23-17-5-6-18(24)20-19(17)21(9-7-13(8-10-28)11-15(21)12-31-20)32(29,30)16-3-1-14(2-4-16)22(25,26)27/h1-6,10,13,15H,7-9,11-12H2/t13-,15+,21-/m0/s1. The first-order valence-corrected chi connectivity index (χ1v) is 11.5. The number of sulfone groups is 1. The maximum absolute atomic E-state index is 15.1. The molecular weight excluding hydrogens is 455 g/mol. The summed E-state index contributed by atoms with van der Waals surface area (Å²) in [5.41, 5.74) is -1.46. The summed E-state index contributed by atoms with van der Waals surface area (Å²) in [7, 11) is -4.48. The van der Waals surface area contributed by atoms with E-state index in [2.05, 4.69) is 0 Å². The number of halogens is 5. The highest BCUT2D eigenvalue weighted by atomic mass is 32.2. The second-order valence-electron chi connectivity index (χ2n) is 8.20.